The Labute approximate surface area is 179 Å². The second kappa shape index (κ2) is 9.18. The van der Waals surface area contributed by atoms with E-state index in [1.54, 1.807) is 11.0 Å². The number of carbonyl (C=O) groups is 1. The van der Waals surface area contributed by atoms with Gasteiger partial charge in [-0.2, -0.15) is 0 Å². The first-order valence-electron chi connectivity index (χ1n) is 10.3. The molecule has 0 bridgehead atoms. The first-order valence-corrected chi connectivity index (χ1v) is 11.8. The van der Waals surface area contributed by atoms with E-state index >= 15 is 0 Å². The van der Waals surface area contributed by atoms with Crippen molar-refractivity contribution in [3.8, 4) is 5.75 Å². The molecule has 0 spiro atoms. The van der Waals surface area contributed by atoms with Gasteiger partial charge in [0, 0.05) is 19.1 Å². The molecule has 0 unspecified atom stereocenters. The van der Waals surface area contributed by atoms with Crippen LogP contribution in [0.15, 0.2) is 41.3 Å². The maximum absolute atomic E-state index is 13.1. The van der Waals surface area contributed by atoms with Gasteiger partial charge in [0.05, 0.1) is 17.6 Å². The number of amides is 1. The number of methoxy groups -OCH3 is 1. The van der Waals surface area contributed by atoms with Gasteiger partial charge in [0.25, 0.3) is 5.91 Å². The molecule has 7 heteroatoms. The molecule has 1 heterocycles. The number of hydrogen-bond donors (Lipinski definition) is 1. The van der Waals surface area contributed by atoms with Crippen LogP contribution in [-0.4, -0.2) is 39.4 Å². The van der Waals surface area contributed by atoms with Gasteiger partial charge < -0.3 is 9.64 Å². The average Bonchev–Trinajstić information content (AvgIpc) is 2.74. The quantitative estimate of drug-likeness (QED) is 0.752. The van der Waals surface area contributed by atoms with Crippen molar-refractivity contribution < 1.29 is 17.9 Å². The molecule has 3 rings (SSSR count). The van der Waals surface area contributed by atoms with Crippen molar-refractivity contribution in [3.05, 3.63) is 58.7 Å². The van der Waals surface area contributed by atoms with Crippen LogP contribution in [0.5, 0.6) is 5.75 Å². The third-order valence-corrected chi connectivity index (χ3v) is 7.13. The van der Waals surface area contributed by atoms with Gasteiger partial charge in [-0.15, -0.1) is 0 Å². The first kappa shape index (κ1) is 22.3. The summed E-state index contributed by atoms with van der Waals surface area (Å²) < 4.78 is 34.3. The zero-order valence-electron chi connectivity index (χ0n) is 18.1. The molecule has 1 saturated heterocycles. The van der Waals surface area contributed by atoms with Crippen LogP contribution in [0.3, 0.4) is 0 Å². The SMILES string of the molecule is COc1ccc(S(=O)(=O)N[C@H](C)c2cc(C)ccc2C)cc1C(=O)N1CCCCC1. The molecule has 2 aromatic carbocycles. The Morgan fingerprint density at radius 3 is 2.43 bits per heavy atom. The van der Waals surface area contributed by atoms with Crippen LogP contribution in [0.2, 0.25) is 0 Å². The van der Waals surface area contributed by atoms with Crippen molar-refractivity contribution in [1.29, 1.82) is 0 Å². The minimum absolute atomic E-state index is 0.0563. The molecule has 1 aliphatic rings. The molecule has 6 nitrogen and oxygen atoms in total. The Hall–Kier alpha value is -2.38. The number of likely N-dealkylation sites (tertiary alicyclic amines) is 1. The molecule has 0 saturated carbocycles. The van der Waals surface area contributed by atoms with Crippen LogP contribution < -0.4 is 9.46 Å². The minimum Gasteiger partial charge on any atom is -0.496 e. The Morgan fingerprint density at radius 2 is 1.77 bits per heavy atom. The molecule has 0 aliphatic carbocycles. The molecule has 1 amide bonds. The zero-order chi connectivity index (χ0) is 21.9. The Balaban J connectivity index is 1.90. The maximum Gasteiger partial charge on any atom is 0.257 e. The normalized spacial score (nSPS) is 15.7. The average molecular weight is 431 g/mol. The summed E-state index contributed by atoms with van der Waals surface area (Å²) in [5, 5.41) is 0. The van der Waals surface area contributed by atoms with E-state index in [0.717, 1.165) is 36.0 Å². The Morgan fingerprint density at radius 1 is 1.07 bits per heavy atom. The monoisotopic (exact) mass is 430 g/mol. The van der Waals surface area contributed by atoms with Crippen molar-refractivity contribution in [2.75, 3.05) is 20.2 Å². The van der Waals surface area contributed by atoms with E-state index in [4.69, 9.17) is 4.74 Å². The zero-order valence-corrected chi connectivity index (χ0v) is 18.9. The van der Waals surface area contributed by atoms with E-state index in [1.807, 2.05) is 39.0 Å². The maximum atomic E-state index is 13.1. The molecule has 162 valence electrons. The smallest absolute Gasteiger partial charge is 0.257 e. The molecule has 30 heavy (non-hydrogen) atoms. The summed E-state index contributed by atoms with van der Waals surface area (Å²) in [6.07, 6.45) is 3.03. The predicted molar refractivity (Wildman–Crippen MR) is 117 cm³/mol. The second-order valence-corrected chi connectivity index (χ2v) is 9.63. The van der Waals surface area contributed by atoms with Crippen LogP contribution in [-0.2, 0) is 10.0 Å². The van der Waals surface area contributed by atoms with E-state index in [9.17, 15) is 13.2 Å². The van der Waals surface area contributed by atoms with Crippen molar-refractivity contribution in [1.82, 2.24) is 9.62 Å². The number of nitrogens with zero attached hydrogens (tertiary/aromatic N) is 1. The van der Waals surface area contributed by atoms with Crippen LogP contribution in [0.25, 0.3) is 0 Å². The molecule has 1 atom stereocenters. The van der Waals surface area contributed by atoms with Gasteiger partial charge in [-0.3, -0.25) is 4.79 Å². The first-order chi connectivity index (χ1) is 14.2. The molecule has 1 fully saturated rings. The summed E-state index contributed by atoms with van der Waals surface area (Å²) in [7, 11) is -2.34. The highest BCUT2D eigenvalue weighted by Crippen LogP contribution is 2.27. The van der Waals surface area contributed by atoms with Crippen molar-refractivity contribution in [2.24, 2.45) is 0 Å². The third kappa shape index (κ3) is 4.84. The van der Waals surface area contributed by atoms with Gasteiger partial charge in [-0.1, -0.05) is 23.8 Å². The van der Waals surface area contributed by atoms with E-state index in [2.05, 4.69) is 4.72 Å². The number of piperidine rings is 1. The lowest BCUT2D eigenvalue weighted by molar-refractivity contribution is 0.0720. The fourth-order valence-corrected chi connectivity index (χ4v) is 5.13. The Bertz CT molecular complexity index is 1030. The van der Waals surface area contributed by atoms with Crippen LogP contribution in [0.1, 0.15) is 59.3 Å². The molecule has 2 aromatic rings. The number of nitrogens with one attached hydrogen (secondary N) is 1. The summed E-state index contributed by atoms with van der Waals surface area (Å²) in [4.78, 5) is 14.8. The van der Waals surface area contributed by atoms with Crippen LogP contribution in [0.4, 0.5) is 0 Å². The van der Waals surface area contributed by atoms with Gasteiger partial charge in [0.15, 0.2) is 0 Å². The van der Waals surface area contributed by atoms with Crippen molar-refractivity contribution in [3.63, 3.8) is 0 Å². The third-order valence-electron chi connectivity index (χ3n) is 5.59. The number of aryl methyl sites for hydroxylation is 2. The summed E-state index contributed by atoms with van der Waals surface area (Å²) in [6.45, 7) is 7.12. The fraction of sp³-hybridized carbons (Fsp3) is 0.435. The van der Waals surface area contributed by atoms with Crippen molar-refractivity contribution >= 4 is 15.9 Å². The number of rotatable bonds is 6. The highest BCUT2D eigenvalue weighted by Gasteiger charge is 2.25. The van der Waals surface area contributed by atoms with Gasteiger partial charge >= 0.3 is 0 Å². The number of sulfonamides is 1. The summed E-state index contributed by atoms with van der Waals surface area (Å²) in [6, 6.07) is 10.0. The number of hydrogen-bond acceptors (Lipinski definition) is 4. The fourth-order valence-electron chi connectivity index (χ4n) is 3.88. The number of ether oxygens (including phenoxy) is 1. The molecular formula is C23H30N2O4S. The van der Waals surface area contributed by atoms with Crippen LogP contribution >= 0.6 is 0 Å². The number of carbonyl (C=O) groups excluding carboxylic acids is 1. The molecule has 0 radical (unpaired) electrons. The largest absolute Gasteiger partial charge is 0.496 e. The van der Waals surface area contributed by atoms with Crippen LogP contribution in [0, 0.1) is 13.8 Å². The lowest BCUT2D eigenvalue weighted by atomic mass is 10.0. The number of benzene rings is 2. The predicted octanol–water partition coefficient (Wildman–Crippen LogP) is 3.98. The van der Waals surface area contributed by atoms with E-state index in [0.29, 0.717) is 18.8 Å². The molecule has 1 aliphatic heterocycles. The van der Waals surface area contributed by atoms with Gasteiger partial charge in [0.1, 0.15) is 5.75 Å². The minimum atomic E-state index is -3.83. The summed E-state index contributed by atoms with van der Waals surface area (Å²) in [5.41, 5.74) is 3.30. The summed E-state index contributed by atoms with van der Waals surface area (Å²) >= 11 is 0. The van der Waals surface area contributed by atoms with E-state index < -0.39 is 16.1 Å². The van der Waals surface area contributed by atoms with Crippen molar-refractivity contribution in [2.45, 2.75) is 51.0 Å². The Kier molecular flexibility index (Phi) is 6.83. The standard InChI is InChI=1S/C23H30N2O4S/c1-16-8-9-17(2)20(14-16)18(3)24-30(27,28)19-10-11-22(29-4)21(15-19)23(26)25-12-6-5-7-13-25/h8-11,14-15,18,24H,5-7,12-13H2,1-4H3/t18-/m1/s1. The van der Waals surface area contributed by atoms with E-state index in [1.165, 1.54) is 19.2 Å². The highest BCUT2D eigenvalue weighted by molar-refractivity contribution is 7.89. The van der Waals surface area contributed by atoms with Gasteiger partial charge in [0.2, 0.25) is 10.0 Å². The van der Waals surface area contributed by atoms with E-state index in [-0.39, 0.29) is 16.4 Å². The summed E-state index contributed by atoms with van der Waals surface area (Å²) in [5.74, 6) is 0.193. The van der Waals surface area contributed by atoms with Gasteiger partial charge in [-0.05, 0) is 69.4 Å². The van der Waals surface area contributed by atoms with Gasteiger partial charge in [-0.25, -0.2) is 13.1 Å². The molecular weight excluding hydrogens is 400 g/mol. The topological polar surface area (TPSA) is 75.7 Å². The molecule has 1 N–H and O–H groups in total. The lowest BCUT2D eigenvalue weighted by Gasteiger charge is -2.27. The lowest BCUT2D eigenvalue weighted by Crippen LogP contribution is -2.36. The second-order valence-electron chi connectivity index (χ2n) is 7.92. The highest BCUT2D eigenvalue weighted by atomic mass is 32.2. The molecule has 0 aromatic heterocycles.